The predicted octanol–water partition coefficient (Wildman–Crippen LogP) is 12.2. The Balaban J connectivity index is 0.000000352. The largest absolute Gasteiger partial charge is 0.314 e. The van der Waals surface area contributed by atoms with Crippen molar-refractivity contribution in [2.24, 2.45) is 23.5 Å². The van der Waals surface area contributed by atoms with Crippen LogP contribution in [-0.2, 0) is 6.42 Å². The molecule has 8 rings (SSSR count). The van der Waals surface area contributed by atoms with Crippen LogP contribution >= 0.6 is 0 Å². The molecule has 2 N–H and O–H groups in total. The fourth-order valence-electron chi connectivity index (χ4n) is 7.34. The van der Waals surface area contributed by atoms with Gasteiger partial charge in [0.15, 0.2) is 0 Å². The summed E-state index contributed by atoms with van der Waals surface area (Å²) < 4.78 is 0. The normalized spacial score (nSPS) is 19.7. The Morgan fingerprint density at radius 2 is 1.18 bits per heavy atom. The van der Waals surface area contributed by atoms with E-state index in [0.717, 1.165) is 12.8 Å². The Labute approximate surface area is 303 Å². The highest BCUT2D eigenvalue weighted by Crippen LogP contribution is 2.44. The quantitative estimate of drug-likeness (QED) is 0.140. The van der Waals surface area contributed by atoms with Gasteiger partial charge in [-0.3, -0.25) is 0 Å². The van der Waals surface area contributed by atoms with Gasteiger partial charge in [0.2, 0.25) is 0 Å². The van der Waals surface area contributed by atoms with Crippen LogP contribution in [0.5, 0.6) is 0 Å². The van der Waals surface area contributed by atoms with Gasteiger partial charge in [0.05, 0.1) is 6.04 Å². The van der Waals surface area contributed by atoms with Crippen LogP contribution in [0.1, 0.15) is 31.4 Å². The first-order chi connectivity index (χ1) is 25.0. The highest BCUT2D eigenvalue weighted by molar-refractivity contribution is 6.21. The Hall–Kier alpha value is -5.68. The molecule has 0 heterocycles. The fraction of sp³-hybridized carbons (Fsp3) is 0.160. The minimum Gasteiger partial charge on any atom is -0.314 e. The van der Waals surface area contributed by atoms with E-state index in [1.54, 1.807) is 0 Å². The maximum absolute atomic E-state index is 5.57. The molecule has 0 saturated heterocycles. The number of benzene rings is 6. The van der Waals surface area contributed by atoms with Gasteiger partial charge in [-0.1, -0.05) is 189 Å². The zero-order valence-corrected chi connectivity index (χ0v) is 29.5. The molecule has 1 nitrogen and oxygen atoms in total. The number of allylic oxidation sites excluding steroid dienone is 7. The molecule has 0 spiro atoms. The molecular formula is C50H45N. The van der Waals surface area contributed by atoms with Gasteiger partial charge in [0, 0.05) is 5.92 Å². The van der Waals surface area contributed by atoms with E-state index in [0.29, 0.717) is 17.8 Å². The average molecular weight is 660 g/mol. The molecule has 0 aromatic heterocycles. The van der Waals surface area contributed by atoms with Crippen LogP contribution in [0.15, 0.2) is 176 Å². The predicted molar refractivity (Wildman–Crippen MR) is 220 cm³/mol. The van der Waals surface area contributed by atoms with Gasteiger partial charge in [0.1, 0.15) is 0 Å². The standard InChI is InChI=1S/C41H34.C9H11N/c1-29(27-30-13-5-2-6-14-30)31-21-23-32(24-22-31)35-25-26-38-39(28-35)41(34-17-9-4-10-18-34)37-20-12-11-19-36(37)40(38)33-15-7-3-8-16-33;1-8-4-2-3-5-9(10)7-6-8/h2-21,23-26,28-29,31H,22,27H2,1H3;2-5,8-9H,10H2,1H3/b;4-2-,5-3-. The summed E-state index contributed by atoms with van der Waals surface area (Å²) in [4.78, 5) is 0. The summed E-state index contributed by atoms with van der Waals surface area (Å²) in [5.41, 5.74) is 14.7. The first-order valence-corrected chi connectivity index (χ1v) is 18.2. The van der Waals surface area contributed by atoms with Crippen molar-refractivity contribution in [3.63, 3.8) is 0 Å². The first-order valence-electron chi connectivity index (χ1n) is 18.2. The van der Waals surface area contributed by atoms with Gasteiger partial charge in [-0.25, -0.2) is 0 Å². The Kier molecular flexibility index (Phi) is 10.5. The van der Waals surface area contributed by atoms with Crippen LogP contribution in [0.3, 0.4) is 0 Å². The molecule has 0 radical (unpaired) electrons. The highest BCUT2D eigenvalue weighted by atomic mass is 14.6. The maximum Gasteiger partial charge on any atom is 0.0854 e. The summed E-state index contributed by atoms with van der Waals surface area (Å²) in [7, 11) is 0. The van der Waals surface area contributed by atoms with Crippen molar-refractivity contribution in [1.29, 1.82) is 0 Å². The number of hydrogen-bond donors (Lipinski definition) is 1. The Morgan fingerprint density at radius 3 is 1.80 bits per heavy atom. The van der Waals surface area contributed by atoms with E-state index >= 15 is 0 Å². The Morgan fingerprint density at radius 1 is 0.608 bits per heavy atom. The molecule has 1 heteroatoms. The van der Waals surface area contributed by atoms with Gasteiger partial charge in [0.25, 0.3) is 0 Å². The second-order valence-corrected chi connectivity index (χ2v) is 13.7. The summed E-state index contributed by atoms with van der Waals surface area (Å²) in [6.07, 6.45) is 17.3. The molecule has 2 aliphatic carbocycles. The third-order valence-corrected chi connectivity index (χ3v) is 10.1. The van der Waals surface area contributed by atoms with Crippen LogP contribution in [0, 0.1) is 29.6 Å². The smallest absolute Gasteiger partial charge is 0.0854 e. The van der Waals surface area contributed by atoms with Crippen LogP contribution < -0.4 is 5.73 Å². The number of fused-ring (bicyclic) bond motifs is 2. The summed E-state index contributed by atoms with van der Waals surface area (Å²) >= 11 is 0. The van der Waals surface area contributed by atoms with Crippen molar-refractivity contribution < 1.29 is 0 Å². The third kappa shape index (κ3) is 7.89. The average Bonchev–Trinajstić information content (AvgIpc) is 3.18. The molecule has 51 heavy (non-hydrogen) atoms. The number of rotatable bonds is 6. The van der Waals surface area contributed by atoms with Crippen molar-refractivity contribution in [2.75, 3.05) is 0 Å². The summed E-state index contributed by atoms with van der Waals surface area (Å²) in [5.74, 6) is 7.44. The lowest BCUT2D eigenvalue weighted by molar-refractivity contribution is 0.428. The topological polar surface area (TPSA) is 26.0 Å². The van der Waals surface area contributed by atoms with Crippen LogP contribution in [0.2, 0.25) is 0 Å². The van der Waals surface area contributed by atoms with E-state index < -0.39 is 0 Å². The van der Waals surface area contributed by atoms with Gasteiger partial charge < -0.3 is 5.73 Å². The van der Waals surface area contributed by atoms with Crippen LogP contribution in [-0.4, -0.2) is 6.04 Å². The molecule has 0 amide bonds. The minimum absolute atomic E-state index is 0.0904. The zero-order chi connectivity index (χ0) is 35.0. The molecule has 2 aliphatic rings. The second-order valence-electron chi connectivity index (χ2n) is 13.7. The van der Waals surface area contributed by atoms with Crippen molar-refractivity contribution in [3.05, 3.63) is 187 Å². The van der Waals surface area contributed by atoms with Crippen molar-refractivity contribution >= 4 is 27.1 Å². The lowest BCUT2D eigenvalue weighted by Gasteiger charge is -2.24. The molecule has 4 unspecified atom stereocenters. The van der Waals surface area contributed by atoms with Gasteiger partial charge in [-0.15, -0.1) is 0 Å². The zero-order valence-electron chi connectivity index (χ0n) is 29.5. The molecule has 0 aliphatic heterocycles. The first kappa shape index (κ1) is 33.8. The van der Waals surface area contributed by atoms with Gasteiger partial charge >= 0.3 is 0 Å². The van der Waals surface area contributed by atoms with E-state index in [9.17, 15) is 0 Å². The fourth-order valence-corrected chi connectivity index (χ4v) is 7.34. The van der Waals surface area contributed by atoms with E-state index in [1.807, 2.05) is 18.2 Å². The third-order valence-electron chi connectivity index (χ3n) is 10.1. The SMILES string of the molecule is CC(Cc1ccccc1)C1C=CC(c2ccc3c(-c4ccccc4)c4ccccc4c(-c4ccccc4)c3c2)=CC1.CC1C#CC(N)/C=C\C=C/1. The summed E-state index contributed by atoms with van der Waals surface area (Å²) in [6.45, 7) is 4.44. The molecule has 6 aromatic carbocycles. The molecule has 4 atom stereocenters. The molecule has 0 fully saturated rings. The maximum atomic E-state index is 5.57. The number of hydrogen-bond acceptors (Lipinski definition) is 1. The highest BCUT2D eigenvalue weighted by Gasteiger charge is 2.20. The van der Waals surface area contributed by atoms with Crippen LogP contribution in [0.4, 0.5) is 0 Å². The molecule has 0 saturated carbocycles. The second kappa shape index (κ2) is 15.9. The van der Waals surface area contributed by atoms with Gasteiger partial charge in [-0.2, -0.15) is 0 Å². The summed E-state index contributed by atoms with van der Waals surface area (Å²) in [6, 6.07) is 48.5. The molecular weight excluding hydrogens is 615 g/mol. The summed E-state index contributed by atoms with van der Waals surface area (Å²) in [5, 5.41) is 5.20. The van der Waals surface area contributed by atoms with Crippen molar-refractivity contribution in [2.45, 2.75) is 32.7 Å². The van der Waals surface area contributed by atoms with Crippen LogP contribution in [0.25, 0.3) is 49.4 Å². The van der Waals surface area contributed by atoms with E-state index in [-0.39, 0.29) is 6.04 Å². The minimum atomic E-state index is -0.0904. The molecule has 6 aromatic rings. The van der Waals surface area contributed by atoms with E-state index in [2.05, 4.69) is 183 Å². The monoisotopic (exact) mass is 659 g/mol. The van der Waals surface area contributed by atoms with E-state index in [1.165, 1.54) is 60.5 Å². The van der Waals surface area contributed by atoms with E-state index in [4.69, 9.17) is 5.73 Å². The molecule has 250 valence electrons. The van der Waals surface area contributed by atoms with Crippen molar-refractivity contribution in [1.82, 2.24) is 0 Å². The van der Waals surface area contributed by atoms with Gasteiger partial charge in [-0.05, 0) is 98.2 Å². The number of nitrogens with two attached hydrogens (primary N) is 1. The van der Waals surface area contributed by atoms with Crippen molar-refractivity contribution in [3.8, 4) is 34.1 Å². The lowest BCUT2D eigenvalue weighted by Crippen LogP contribution is -2.14. The molecule has 0 bridgehead atoms. The Bertz CT molecular complexity index is 2270. The lowest BCUT2D eigenvalue weighted by atomic mass is 9.81.